The van der Waals surface area contributed by atoms with Gasteiger partial charge in [-0.2, -0.15) is 0 Å². The number of rotatable bonds is 2. The van der Waals surface area contributed by atoms with Crippen molar-refractivity contribution in [3.63, 3.8) is 0 Å². The Labute approximate surface area is 65.1 Å². The molecular weight excluding hydrogens is 140 g/mol. The highest BCUT2D eigenvalue weighted by Gasteiger charge is 2.46. The average molecular weight is 150 g/mol. The summed E-state index contributed by atoms with van der Waals surface area (Å²) in [4.78, 5) is 14.8. The fourth-order valence-electron chi connectivity index (χ4n) is 1.24. The molecule has 3 nitrogen and oxygen atoms in total. The molecule has 0 aliphatic heterocycles. The van der Waals surface area contributed by atoms with E-state index in [9.17, 15) is 4.79 Å². The number of hydrogen-bond donors (Lipinski definition) is 0. The second kappa shape index (κ2) is 1.94. The third-order valence-corrected chi connectivity index (χ3v) is 2.23. The number of carbonyl (C=O) groups excluding carboxylic acids is 1. The van der Waals surface area contributed by atoms with Crippen LogP contribution < -0.4 is 0 Å². The van der Waals surface area contributed by atoms with Crippen molar-refractivity contribution < 1.29 is 4.79 Å². The van der Waals surface area contributed by atoms with Crippen molar-refractivity contribution in [2.24, 2.45) is 7.05 Å². The van der Waals surface area contributed by atoms with Gasteiger partial charge in [0.2, 0.25) is 0 Å². The van der Waals surface area contributed by atoms with Crippen LogP contribution in [0.3, 0.4) is 0 Å². The quantitative estimate of drug-likeness (QED) is 0.580. The molecule has 0 aromatic carbocycles. The molecule has 1 aliphatic carbocycles. The second-order valence-corrected chi connectivity index (χ2v) is 3.20. The first kappa shape index (κ1) is 6.58. The average Bonchev–Trinajstić information content (AvgIpc) is 2.70. The Bertz CT molecular complexity index is 286. The minimum absolute atomic E-state index is 0.207. The lowest BCUT2D eigenvalue weighted by Crippen LogP contribution is -2.07. The van der Waals surface area contributed by atoms with Crippen molar-refractivity contribution >= 4 is 6.29 Å². The molecule has 1 aromatic heterocycles. The van der Waals surface area contributed by atoms with E-state index in [-0.39, 0.29) is 5.41 Å². The zero-order valence-corrected chi connectivity index (χ0v) is 6.45. The van der Waals surface area contributed by atoms with Crippen molar-refractivity contribution in [3.05, 3.63) is 18.2 Å². The standard InChI is InChI=1S/C8H10N2O/c1-10-4-7(9-6-10)8(5-11)2-3-8/h4-6H,2-3H2,1H3. The van der Waals surface area contributed by atoms with Crippen LogP contribution in [0.1, 0.15) is 18.5 Å². The summed E-state index contributed by atoms with van der Waals surface area (Å²) in [6, 6.07) is 0. The molecule has 1 fully saturated rings. The Morgan fingerprint density at radius 2 is 2.45 bits per heavy atom. The van der Waals surface area contributed by atoms with E-state index in [1.807, 2.05) is 17.8 Å². The number of nitrogens with zero attached hydrogens (tertiary/aromatic N) is 2. The summed E-state index contributed by atoms with van der Waals surface area (Å²) in [6.45, 7) is 0. The van der Waals surface area contributed by atoms with Crippen molar-refractivity contribution in [2.75, 3.05) is 0 Å². The smallest absolute Gasteiger partial charge is 0.132 e. The lowest BCUT2D eigenvalue weighted by molar-refractivity contribution is -0.109. The Morgan fingerprint density at radius 3 is 2.82 bits per heavy atom. The minimum atomic E-state index is -0.207. The monoisotopic (exact) mass is 150 g/mol. The molecule has 2 rings (SSSR count). The minimum Gasteiger partial charge on any atom is -0.340 e. The summed E-state index contributed by atoms with van der Waals surface area (Å²) < 4.78 is 1.87. The Kier molecular flexibility index (Phi) is 1.16. The molecular formula is C8H10N2O. The first-order valence-corrected chi connectivity index (χ1v) is 3.72. The molecule has 11 heavy (non-hydrogen) atoms. The van der Waals surface area contributed by atoms with Gasteiger partial charge in [-0.15, -0.1) is 0 Å². The van der Waals surface area contributed by atoms with Crippen LogP contribution in [-0.4, -0.2) is 15.8 Å². The van der Waals surface area contributed by atoms with Crippen LogP contribution in [0, 0.1) is 0 Å². The van der Waals surface area contributed by atoms with Gasteiger partial charge in [0.15, 0.2) is 0 Å². The lowest BCUT2D eigenvalue weighted by atomic mass is 10.1. The van der Waals surface area contributed by atoms with Crippen LogP contribution in [0.25, 0.3) is 0 Å². The summed E-state index contributed by atoms with van der Waals surface area (Å²) in [5.74, 6) is 0. The highest BCUT2D eigenvalue weighted by molar-refractivity contribution is 5.71. The molecule has 1 heterocycles. The van der Waals surface area contributed by atoms with E-state index in [4.69, 9.17) is 0 Å². The third-order valence-electron chi connectivity index (χ3n) is 2.23. The van der Waals surface area contributed by atoms with Gasteiger partial charge in [0.05, 0.1) is 17.4 Å². The van der Waals surface area contributed by atoms with Gasteiger partial charge >= 0.3 is 0 Å². The zero-order valence-electron chi connectivity index (χ0n) is 6.45. The fraction of sp³-hybridized carbons (Fsp3) is 0.500. The molecule has 1 aliphatic rings. The Morgan fingerprint density at radius 1 is 1.73 bits per heavy atom. The molecule has 0 spiro atoms. The number of aromatic nitrogens is 2. The van der Waals surface area contributed by atoms with Crippen LogP contribution in [0.15, 0.2) is 12.5 Å². The van der Waals surface area contributed by atoms with Crippen LogP contribution >= 0.6 is 0 Å². The number of hydrogen-bond acceptors (Lipinski definition) is 2. The van der Waals surface area contributed by atoms with Gasteiger partial charge in [-0.05, 0) is 12.8 Å². The molecule has 1 saturated carbocycles. The molecule has 1 aromatic rings. The maximum atomic E-state index is 10.6. The van der Waals surface area contributed by atoms with E-state index in [0.717, 1.165) is 24.8 Å². The SMILES string of the molecule is Cn1cnc(C2(C=O)CC2)c1. The molecule has 0 unspecified atom stereocenters. The number of carbonyl (C=O) groups is 1. The molecule has 3 heteroatoms. The Balaban J connectivity index is 2.36. The first-order valence-electron chi connectivity index (χ1n) is 3.72. The number of aryl methyl sites for hydroxylation is 1. The summed E-state index contributed by atoms with van der Waals surface area (Å²) in [5.41, 5.74) is 0.719. The van der Waals surface area contributed by atoms with Crippen molar-refractivity contribution in [1.29, 1.82) is 0 Å². The van der Waals surface area contributed by atoms with Gasteiger partial charge in [0.25, 0.3) is 0 Å². The highest BCUT2D eigenvalue weighted by Crippen LogP contribution is 2.45. The van der Waals surface area contributed by atoms with Gasteiger partial charge in [-0.1, -0.05) is 0 Å². The first-order chi connectivity index (χ1) is 5.27. The summed E-state index contributed by atoms with van der Waals surface area (Å²) in [5, 5.41) is 0. The van der Waals surface area contributed by atoms with E-state index >= 15 is 0 Å². The van der Waals surface area contributed by atoms with Crippen molar-refractivity contribution in [2.45, 2.75) is 18.3 Å². The van der Waals surface area contributed by atoms with Gasteiger partial charge in [-0.3, -0.25) is 0 Å². The van der Waals surface area contributed by atoms with E-state index in [0.29, 0.717) is 0 Å². The predicted octanol–water partition coefficient (Wildman–Crippen LogP) is 0.651. The van der Waals surface area contributed by atoms with Crippen LogP contribution in [0.5, 0.6) is 0 Å². The fourth-order valence-corrected chi connectivity index (χ4v) is 1.24. The molecule has 0 bridgehead atoms. The second-order valence-electron chi connectivity index (χ2n) is 3.20. The van der Waals surface area contributed by atoms with Gasteiger partial charge in [-0.25, -0.2) is 4.98 Å². The topological polar surface area (TPSA) is 34.9 Å². The number of imidazole rings is 1. The molecule has 0 saturated heterocycles. The van der Waals surface area contributed by atoms with Crippen LogP contribution in [0.2, 0.25) is 0 Å². The largest absolute Gasteiger partial charge is 0.340 e. The van der Waals surface area contributed by atoms with Gasteiger partial charge < -0.3 is 9.36 Å². The summed E-state index contributed by atoms with van der Waals surface area (Å²) >= 11 is 0. The maximum Gasteiger partial charge on any atom is 0.132 e. The lowest BCUT2D eigenvalue weighted by Gasteiger charge is -1.98. The van der Waals surface area contributed by atoms with Gasteiger partial charge in [0, 0.05) is 13.2 Å². The van der Waals surface area contributed by atoms with E-state index in [1.54, 1.807) is 6.33 Å². The molecule has 0 amide bonds. The van der Waals surface area contributed by atoms with E-state index in [2.05, 4.69) is 4.98 Å². The predicted molar refractivity (Wildman–Crippen MR) is 40.2 cm³/mol. The van der Waals surface area contributed by atoms with Gasteiger partial charge in [0.1, 0.15) is 6.29 Å². The third kappa shape index (κ3) is 0.878. The van der Waals surface area contributed by atoms with Crippen molar-refractivity contribution in [1.82, 2.24) is 9.55 Å². The van der Waals surface area contributed by atoms with Crippen LogP contribution in [0.4, 0.5) is 0 Å². The number of aldehydes is 1. The zero-order chi connectivity index (χ0) is 7.90. The van der Waals surface area contributed by atoms with E-state index < -0.39 is 0 Å². The van der Waals surface area contributed by atoms with E-state index in [1.165, 1.54) is 0 Å². The molecule has 58 valence electrons. The molecule has 0 N–H and O–H groups in total. The molecule has 0 atom stereocenters. The summed E-state index contributed by atoms with van der Waals surface area (Å²) in [7, 11) is 1.91. The van der Waals surface area contributed by atoms with Crippen LogP contribution in [-0.2, 0) is 17.3 Å². The summed E-state index contributed by atoms with van der Waals surface area (Å²) in [6.07, 6.45) is 6.61. The molecule has 0 radical (unpaired) electrons. The maximum absolute atomic E-state index is 10.6. The Hall–Kier alpha value is -1.12. The highest BCUT2D eigenvalue weighted by atomic mass is 16.1. The normalized spacial score (nSPS) is 19.7. The van der Waals surface area contributed by atoms with Crippen molar-refractivity contribution in [3.8, 4) is 0 Å².